The Bertz CT molecular complexity index is 719. The van der Waals surface area contributed by atoms with E-state index in [1.54, 1.807) is 23.1 Å². The van der Waals surface area contributed by atoms with Crippen molar-refractivity contribution in [3.05, 3.63) is 29.3 Å². The quantitative estimate of drug-likeness (QED) is 0.444. The summed E-state index contributed by atoms with van der Waals surface area (Å²) in [5.41, 5.74) is 2.47. The molecule has 0 aromatic heterocycles. The van der Waals surface area contributed by atoms with E-state index in [4.69, 9.17) is 0 Å². The van der Waals surface area contributed by atoms with Crippen molar-refractivity contribution in [3.8, 4) is 0 Å². The summed E-state index contributed by atoms with van der Waals surface area (Å²) in [4.78, 5) is 5.50. The number of nitrogens with zero attached hydrogens (tertiary/aromatic N) is 2. The number of sulfonamides is 1. The fourth-order valence-corrected chi connectivity index (χ4v) is 4.95. The van der Waals surface area contributed by atoms with Gasteiger partial charge in [0.15, 0.2) is 5.96 Å². The molecule has 0 radical (unpaired) electrons. The van der Waals surface area contributed by atoms with E-state index in [1.807, 2.05) is 0 Å². The third-order valence-corrected chi connectivity index (χ3v) is 6.52. The highest BCUT2D eigenvalue weighted by molar-refractivity contribution is 7.98. The summed E-state index contributed by atoms with van der Waals surface area (Å²) >= 11 is 1.73. The standard InChI is InChI=1S/C17H28N4O2S2/c1-13-7-8-14(16(10-13)24-3)11-19-17(18-2)20-12-15-6-5-9-21(15)25(4,22)23/h7-8,10,15H,5-6,9,11-12H2,1-4H3,(H2,18,19,20)/t15-/m1/s1. The molecule has 140 valence electrons. The number of aliphatic imine (C=N–C) groups is 1. The molecule has 1 atom stereocenters. The molecule has 1 aliphatic heterocycles. The molecule has 25 heavy (non-hydrogen) atoms. The van der Waals surface area contributed by atoms with Crippen molar-refractivity contribution < 1.29 is 8.42 Å². The Morgan fingerprint density at radius 3 is 2.80 bits per heavy atom. The molecule has 0 saturated carbocycles. The van der Waals surface area contributed by atoms with Crippen LogP contribution >= 0.6 is 11.8 Å². The Morgan fingerprint density at radius 1 is 1.40 bits per heavy atom. The molecule has 2 rings (SSSR count). The van der Waals surface area contributed by atoms with Gasteiger partial charge >= 0.3 is 0 Å². The van der Waals surface area contributed by atoms with Gasteiger partial charge in [0.05, 0.1) is 6.26 Å². The van der Waals surface area contributed by atoms with E-state index in [0.717, 1.165) is 12.8 Å². The molecule has 0 aliphatic carbocycles. The largest absolute Gasteiger partial charge is 0.355 e. The minimum atomic E-state index is -3.14. The lowest BCUT2D eigenvalue weighted by Gasteiger charge is -2.23. The summed E-state index contributed by atoms with van der Waals surface area (Å²) in [5.74, 6) is 0.688. The van der Waals surface area contributed by atoms with E-state index in [1.165, 1.54) is 22.3 Å². The van der Waals surface area contributed by atoms with E-state index in [0.29, 0.717) is 25.6 Å². The van der Waals surface area contributed by atoms with Gasteiger partial charge in [-0.05, 0) is 43.2 Å². The number of hydrogen-bond donors (Lipinski definition) is 2. The van der Waals surface area contributed by atoms with Crippen LogP contribution in [-0.2, 0) is 16.6 Å². The molecule has 2 N–H and O–H groups in total. The number of nitrogens with one attached hydrogen (secondary N) is 2. The SMILES string of the molecule is CN=C(NCc1ccc(C)cc1SC)NC[C@H]1CCCN1S(C)(=O)=O. The lowest BCUT2D eigenvalue weighted by molar-refractivity contribution is 0.387. The third kappa shape index (κ3) is 5.62. The molecular formula is C17H28N4O2S2. The van der Waals surface area contributed by atoms with Crippen LogP contribution in [-0.4, -0.2) is 57.4 Å². The first-order valence-electron chi connectivity index (χ1n) is 8.40. The van der Waals surface area contributed by atoms with Crippen molar-refractivity contribution in [3.63, 3.8) is 0 Å². The minimum Gasteiger partial charge on any atom is -0.355 e. The van der Waals surface area contributed by atoms with Crippen molar-refractivity contribution in [2.45, 2.75) is 37.2 Å². The van der Waals surface area contributed by atoms with Crippen LogP contribution < -0.4 is 10.6 Å². The first-order valence-corrected chi connectivity index (χ1v) is 11.5. The Labute approximate surface area is 155 Å². The zero-order valence-corrected chi connectivity index (χ0v) is 17.0. The monoisotopic (exact) mass is 384 g/mol. The molecule has 1 saturated heterocycles. The molecular weight excluding hydrogens is 356 g/mol. The molecule has 0 spiro atoms. The van der Waals surface area contributed by atoms with E-state index in [2.05, 4.69) is 47.0 Å². The lowest BCUT2D eigenvalue weighted by Crippen LogP contribution is -2.46. The van der Waals surface area contributed by atoms with Crippen LogP contribution in [0.15, 0.2) is 28.1 Å². The first-order chi connectivity index (χ1) is 11.8. The molecule has 1 aromatic carbocycles. The van der Waals surface area contributed by atoms with Gasteiger partial charge in [-0.2, -0.15) is 4.31 Å². The van der Waals surface area contributed by atoms with Crippen molar-refractivity contribution >= 4 is 27.7 Å². The van der Waals surface area contributed by atoms with Gasteiger partial charge in [0, 0.05) is 37.6 Å². The lowest BCUT2D eigenvalue weighted by atomic mass is 10.1. The average molecular weight is 385 g/mol. The molecule has 6 nitrogen and oxygen atoms in total. The highest BCUT2D eigenvalue weighted by Gasteiger charge is 2.31. The molecule has 1 heterocycles. The first kappa shape index (κ1) is 20.1. The summed E-state index contributed by atoms with van der Waals surface area (Å²) in [7, 11) is -1.42. The second kappa shape index (κ2) is 8.91. The van der Waals surface area contributed by atoms with Gasteiger partial charge < -0.3 is 10.6 Å². The number of benzene rings is 1. The molecule has 1 aliphatic rings. The number of aryl methyl sites for hydroxylation is 1. The van der Waals surface area contributed by atoms with Crippen LogP contribution in [0, 0.1) is 6.92 Å². The number of guanidine groups is 1. The summed E-state index contributed by atoms with van der Waals surface area (Å²) in [6.07, 6.45) is 5.14. The summed E-state index contributed by atoms with van der Waals surface area (Å²) in [6, 6.07) is 6.41. The van der Waals surface area contributed by atoms with E-state index < -0.39 is 10.0 Å². The summed E-state index contributed by atoms with van der Waals surface area (Å²) < 4.78 is 25.2. The maximum atomic E-state index is 11.8. The maximum Gasteiger partial charge on any atom is 0.211 e. The topological polar surface area (TPSA) is 73.8 Å². The molecule has 0 unspecified atom stereocenters. The van der Waals surface area contributed by atoms with Gasteiger partial charge in [-0.3, -0.25) is 4.99 Å². The minimum absolute atomic E-state index is 0.00492. The third-order valence-electron chi connectivity index (χ3n) is 4.37. The number of hydrogen-bond acceptors (Lipinski definition) is 4. The zero-order valence-electron chi connectivity index (χ0n) is 15.4. The summed E-state index contributed by atoms with van der Waals surface area (Å²) in [6.45, 7) is 3.94. The Morgan fingerprint density at radius 2 is 2.16 bits per heavy atom. The fraction of sp³-hybridized carbons (Fsp3) is 0.588. The normalized spacial score (nSPS) is 19.2. The van der Waals surface area contributed by atoms with E-state index in [9.17, 15) is 8.42 Å². The fourth-order valence-electron chi connectivity index (χ4n) is 3.06. The second-order valence-corrected chi connectivity index (χ2v) is 9.07. The van der Waals surface area contributed by atoms with E-state index >= 15 is 0 Å². The van der Waals surface area contributed by atoms with Crippen LogP contribution in [0.2, 0.25) is 0 Å². The Kier molecular flexibility index (Phi) is 7.15. The molecule has 1 aromatic rings. The summed E-state index contributed by atoms with van der Waals surface area (Å²) in [5, 5.41) is 6.57. The Balaban J connectivity index is 1.91. The zero-order chi connectivity index (χ0) is 18.4. The van der Waals surface area contributed by atoms with Crippen LogP contribution in [0.1, 0.15) is 24.0 Å². The van der Waals surface area contributed by atoms with Crippen molar-refractivity contribution in [2.75, 3.05) is 32.6 Å². The van der Waals surface area contributed by atoms with Gasteiger partial charge in [0.1, 0.15) is 0 Å². The van der Waals surface area contributed by atoms with Crippen LogP contribution in [0.5, 0.6) is 0 Å². The van der Waals surface area contributed by atoms with Crippen LogP contribution in [0.25, 0.3) is 0 Å². The average Bonchev–Trinajstić information content (AvgIpc) is 3.04. The molecule has 1 fully saturated rings. The maximum absolute atomic E-state index is 11.8. The van der Waals surface area contributed by atoms with Gasteiger partial charge in [-0.15, -0.1) is 11.8 Å². The smallest absolute Gasteiger partial charge is 0.211 e. The number of rotatable bonds is 6. The predicted molar refractivity (Wildman–Crippen MR) is 106 cm³/mol. The van der Waals surface area contributed by atoms with Crippen molar-refractivity contribution in [2.24, 2.45) is 4.99 Å². The highest BCUT2D eigenvalue weighted by atomic mass is 32.2. The van der Waals surface area contributed by atoms with Crippen LogP contribution in [0.3, 0.4) is 0 Å². The van der Waals surface area contributed by atoms with Gasteiger partial charge in [0.2, 0.25) is 10.0 Å². The van der Waals surface area contributed by atoms with Gasteiger partial charge in [0.25, 0.3) is 0 Å². The molecule has 0 amide bonds. The number of thioether (sulfide) groups is 1. The molecule has 0 bridgehead atoms. The van der Waals surface area contributed by atoms with Crippen LogP contribution in [0.4, 0.5) is 0 Å². The van der Waals surface area contributed by atoms with Crippen molar-refractivity contribution in [1.29, 1.82) is 0 Å². The van der Waals surface area contributed by atoms with Gasteiger partial charge in [-0.25, -0.2) is 8.42 Å². The van der Waals surface area contributed by atoms with Gasteiger partial charge in [-0.1, -0.05) is 12.1 Å². The van der Waals surface area contributed by atoms with E-state index in [-0.39, 0.29) is 6.04 Å². The Hall–Kier alpha value is -1.25. The predicted octanol–water partition coefficient (Wildman–Crippen LogP) is 1.81. The second-order valence-electron chi connectivity index (χ2n) is 6.29. The van der Waals surface area contributed by atoms with Crippen molar-refractivity contribution in [1.82, 2.24) is 14.9 Å². The highest BCUT2D eigenvalue weighted by Crippen LogP contribution is 2.22. The molecule has 8 heteroatoms.